The molecular formula is C22H32N2S4. The van der Waals surface area contributed by atoms with Crippen molar-refractivity contribution >= 4 is 54.7 Å². The number of rotatable bonds is 2. The van der Waals surface area contributed by atoms with Gasteiger partial charge in [-0.1, -0.05) is 24.4 Å². The minimum Gasteiger partial charge on any atom is -0.365 e. The quantitative estimate of drug-likeness (QED) is 0.390. The van der Waals surface area contributed by atoms with E-state index in [0.29, 0.717) is 11.1 Å². The fourth-order valence-electron chi connectivity index (χ4n) is 9.08. The van der Waals surface area contributed by atoms with Crippen LogP contribution in [0.5, 0.6) is 0 Å². The topological polar surface area (TPSA) is 24.1 Å². The molecule has 154 valence electrons. The van der Waals surface area contributed by atoms with Gasteiger partial charge in [-0.15, -0.1) is 0 Å². The Hall–Kier alpha value is 0.480. The molecule has 8 aliphatic carbocycles. The normalized spacial score (nSPS) is 50.0. The van der Waals surface area contributed by atoms with Crippen LogP contribution in [0.1, 0.15) is 77.0 Å². The molecule has 8 fully saturated rings. The Morgan fingerprint density at radius 2 is 0.786 bits per heavy atom. The van der Waals surface area contributed by atoms with Gasteiger partial charge >= 0.3 is 0 Å². The van der Waals surface area contributed by atoms with Crippen LogP contribution in [0.25, 0.3) is 0 Å². The Morgan fingerprint density at radius 3 is 1.04 bits per heavy atom. The highest BCUT2D eigenvalue weighted by Gasteiger charge is 2.52. The van der Waals surface area contributed by atoms with Crippen LogP contribution in [0.4, 0.5) is 0 Å². The second kappa shape index (κ2) is 7.00. The first kappa shape index (κ1) is 19.2. The molecule has 0 saturated heterocycles. The van der Waals surface area contributed by atoms with E-state index in [9.17, 15) is 0 Å². The van der Waals surface area contributed by atoms with Gasteiger partial charge in [-0.25, -0.2) is 0 Å². The molecule has 8 saturated carbocycles. The first-order valence-corrected chi connectivity index (χ1v) is 14.4. The zero-order valence-corrected chi connectivity index (χ0v) is 19.8. The molecule has 0 aromatic rings. The van der Waals surface area contributed by atoms with E-state index in [1.807, 2.05) is 0 Å². The summed E-state index contributed by atoms with van der Waals surface area (Å²) in [5.74, 6) is 5.74. The van der Waals surface area contributed by atoms with Gasteiger partial charge in [0.25, 0.3) is 0 Å². The highest BCUT2D eigenvalue weighted by Crippen LogP contribution is 2.57. The van der Waals surface area contributed by atoms with Gasteiger partial charge in [0.15, 0.2) is 0 Å². The van der Waals surface area contributed by atoms with Crippen LogP contribution in [-0.2, 0) is 0 Å². The lowest BCUT2D eigenvalue weighted by atomic mass is 9.53. The summed E-state index contributed by atoms with van der Waals surface area (Å²) in [7, 11) is 3.39. The van der Waals surface area contributed by atoms with E-state index >= 15 is 0 Å². The van der Waals surface area contributed by atoms with E-state index in [-0.39, 0.29) is 0 Å². The lowest BCUT2D eigenvalue weighted by molar-refractivity contribution is -0.00954. The monoisotopic (exact) mass is 452 g/mol. The van der Waals surface area contributed by atoms with Crippen LogP contribution in [-0.4, -0.2) is 19.7 Å². The highest BCUT2D eigenvalue weighted by molar-refractivity contribution is 8.89. The summed E-state index contributed by atoms with van der Waals surface area (Å²) in [5, 5.41) is 7.65. The third-order valence-corrected chi connectivity index (χ3v) is 12.2. The molecule has 0 aromatic heterocycles. The number of hydrogen-bond acceptors (Lipinski definition) is 4. The van der Waals surface area contributed by atoms with Gasteiger partial charge in [-0.3, -0.25) is 0 Å². The average molecular weight is 453 g/mol. The van der Waals surface area contributed by atoms with Crippen LogP contribution in [0, 0.1) is 35.5 Å². The average Bonchev–Trinajstić information content (AvgIpc) is 2.56. The van der Waals surface area contributed by atoms with E-state index in [1.165, 1.54) is 77.0 Å². The predicted octanol–water partition coefficient (Wildman–Crippen LogP) is 6.05. The number of thiocarbonyl (C=S) groups is 2. The maximum absolute atomic E-state index is 5.77. The Morgan fingerprint density at radius 1 is 0.536 bits per heavy atom. The highest BCUT2D eigenvalue weighted by atomic mass is 33.1. The van der Waals surface area contributed by atoms with Crippen molar-refractivity contribution in [3.05, 3.63) is 0 Å². The van der Waals surface area contributed by atoms with Crippen molar-refractivity contribution in [2.75, 3.05) is 0 Å². The molecule has 0 aliphatic heterocycles. The molecule has 0 aromatic carbocycles. The molecule has 2 nitrogen and oxygen atoms in total. The Bertz CT molecular complexity index is 561. The van der Waals surface area contributed by atoms with Crippen LogP contribution in [0.2, 0.25) is 0 Å². The summed E-state index contributed by atoms with van der Waals surface area (Å²) in [5.41, 5.74) is 0.628. The molecule has 0 unspecified atom stereocenters. The zero-order valence-electron chi connectivity index (χ0n) is 16.6. The summed E-state index contributed by atoms with van der Waals surface area (Å²) in [6, 6.07) is 0. The van der Waals surface area contributed by atoms with Gasteiger partial charge in [0.2, 0.25) is 0 Å². The van der Waals surface area contributed by atoms with E-state index in [0.717, 1.165) is 44.1 Å². The van der Waals surface area contributed by atoms with Crippen molar-refractivity contribution in [3.63, 3.8) is 0 Å². The molecule has 0 atom stereocenters. The molecule has 0 amide bonds. The Kier molecular flexibility index (Phi) is 4.79. The maximum atomic E-state index is 5.77. The third-order valence-electron chi connectivity index (χ3n) is 9.00. The zero-order chi connectivity index (χ0) is 18.9. The summed E-state index contributed by atoms with van der Waals surface area (Å²) >= 11 is 11.5. The minimum atomic E-state index is 0.314. The Balaban J connectivity index is 1.02. The van der Waals surface area contributed by atoms with Gasteiger partial charge in [-0.2, -0.15) is 0 Å². The molecule has 0 heterocycles. The second-order valence-electron chi connectivity index (χ2n) is 11.4. The van der Waals surface area contributed by atoms with E-state index in [1.54, 1.807) is 21.6 Å². The van der Waals surface area contributed by atoms with Crippen molar-refractivity contribution in [2.24, 2.45) is 35.5 Å². The molecule has 28 heavy (non-hydrogen) atoms. The van der Waals surface area contributed by atoms with Gasteiger partial charge in [0.1, 0.15) is 8.64 Å². The molecule has 8 rings (SSSR count). The van der Waals surface area contributed by atoms with Crippen molar-refractivity contribution in [3.8, 4) is 0 Å². The summed E-state index contributed by atoms with van der Waals surface area (Å²) < 4.78 is 1.92. The molecular weight excluding hydrogens is 421 g/mol. The fraction of sp³-hybridized carbons (Fsp3) is 0.909. The van der Waals surface area contributed by atoms with Crippen molar-refractivity contribution in [2.45, 2.75) is 88.1 Å². The van der Waals surface area contributed by atoms with Gasteiger partial charge in [0, 0.05) is 11.1 Å². The smallest absolute Gasteiger partial charge is 0.145 e. The largest absolute Gasteiger partial charge is 0.365 e. The summed E-state index contributed by atoms with van der Waals surface area (Å²) in [4.78, 5) is 0. The standard InChI is InChI=1S/C22H32N2S4/c25-19(23-21-7-13-1-14(8-21)3-15(2-13)9-21)27-28-20(26)24-22-10-16-4-17(11-22)6-18(5-16)12-22/h13-18H,1-12H2,(H,23,25)(H,24,26). The maximum Gasteiger partial charge on any atom is 0.145 e. The first-order chi connectivity index (χ1) is 13.5. The van der Waals surface area contributed by atoms with E-state index in [2.05, 4.69) is 10.6 Å². The van der Waals surface area contributed by atoms with E-state index in [4.69, 9.17) is 24.4 Å². The fourth-order valence-corrected chi connectivity index (χ4v) is 11.5. The minimum absolute atomic E-state index is 0.314. The van der Waals surface area contributed by atoms with Crippen LogP contribution in [0.3, 0.4) is 0 Å². The van der Waals surface area contributed by atoms with Crippen LogP contribution in [0.15, 0.2) is 0 Å². The summed E-state index contributed by atoms with van der Waals surface area (Å²) in [6.45, 7) is 0. The first-order valence-electron chi connectivity index (χ1n) is 11.5. The number of nitrogens with one attached hydrogen (secondary N) is 2. The Labute approximate surface area is 188 Å². The second-order valence-corrected chi connectivity index (χ2v) is 14.9. The molecule has 0 radical (unpaired) electrons. The van der Waals surface area contributed by atoms with Crippen molar-refractivity contribution < 1.29 is 0 Å². The third kappa shape index (κ3) is 3.56. The molecule has 8 bridgehead atoms. The molecule has 8 aliphatic rings. The van der Waals surface area contributed by atoms with Gasteiger partial charge in [-0.05, 0) is 134 Å². The van der Waals surface area contributed by atoms with Crippen LogP contribution >= 0.6 is 46.0 Å². The molecule has 0 spiro atoms. The van der Waals surface area contributed by atoms with Crippen molar-refractivity contribution in [1.29, 1.82) is 0 Å². The van der Waals surface area contributed by atoms with Gasteiger partial charge < -0.3 is 10.6 Å². The van der Waals surface area contributed by atoms with Gasteiger partial charge in [0.05, 0.1) is 0 Å². The van der Waals surface area contributed by atoms with Crippen molar-refractivity contribution in [1.82, 2.24) is 10.6 Å². The molecule has 6 heteroatoms. The van der Waals surface area contributed by atoms with E-state index < -0.39 is 0 Å². The SMILES string of the molecule is S=C(NC12CC3CC(CC(C3)C1)C2)SSC(=S)NC12CC3CC(CC(C3)C1)C2. The molecule has 2 N–H and O–H groups in total. The summed E-state index contributed by atoms with van der Waals surface area (Å²) in [6.07, 6.45) is 17.0. The lowest BCUT2D eigenvalue weighted by Crippen LogP contribution is -2.59. The number of hydrogen-bond donors (Lipinski definition) is 2. The van der Waals surface area contributed by atoms with Crippen LogP contribution < -0.4 is 10.6 Å². The predicted molar refractivity (Wildman–Crippen MR) is 128 cm³/mol. The lowest BCUT2D eigenvalue weighted by Gasteiger charge is -2.57.